The molecule has 0 bridgehead atoms. The second kappa shape index (κ2) is 4.25. The minimum absolute atomic E-state index is 0.991. The topological polar surface area (TPSA) is 3.24 Å². The highest BCUT2D eigenvalue weighted by Crippen LogP contribution is 2.10. The summed E-state index contributed by atoms with van der Waals surface area (Å²) in [5.41, 5.74) is 2.57. The average molecular weight is 185 g/mol. The first kappa shape index (κ1) is 9.22. The molecular formula is C13H15N. The van der Waals surface area contributed by atoms with Crippen LogP contribution in [0, 0.1) is 0 Å². The van der Waals surface area contributed by atoms with E-state index in [0.717, 1.165) is 19.6 Å². The Labute approximate surface area is 85.4 Å². The average Bonchev–Trinajstić information content (AvgIpc) is 2.19. The standard InChI is InChI=1S/C13H15N/c1-12-6-5-9-14(10-12)11-13-7-3-2-4-8-13/h2-8H,1,9-11H2. The van der Waals surface area contributed by atoms with E-state index < -0.39 is 0 Å². The molecule has 1 heterocycles. The van der Waals surface area contributed by atoms with Gasteiger partial charge in [0.2, 0.25) is 0 Å². The Kier molecular flexibility index (Phi) is 2.80. The Morgan fingerprint density at radius 2 is 2.00 bits per heavy atom. The van der Waals surface area contributed by atoms with Crippen molar-refractivity contribution in [1.29, 1.82) is 0 Å². The molecule has 0 aliphatic carbocycles. The summed E-state index contributed by atoms with van der Waals surface area (Å²) in [5.74, 6) is 0. The van der Waals surface area contributed by atoms with Gasteiger partial charge in [-0.25, -0.2) is 0 Å². The lowest BCUT2D eigenvalue weighted by Gasteiger charge is -2.24. The molecule has 0 fully saturated rings. The molecule has 0 spiro atoms. The molecule has 0 amide bonds. The van der Waals surface area contributed by atoms with Gasteiger partial charge in [-0.1, -0.05) is 49.1 Å². The Morgan fingerprint density at radius 3 is 2.71 bits per heavy atom. The van der Waals surface area contributed by atoms with Crippen molar-refractivity contribution in [2.75, 3.05) is 13.1 Å². The zero-order chi connectivity index (χ0) is 9.80. The number of benzene rings is 1. The Hall–Kier alpha value is -1.34. The van der Waals surface area contributed by atoms with Crippen LogP contribution in [0.5, 0.6) is 0 Å². The highest BCUT2D eigenvalue weighted by Gasteiger charge is 2.08. The molecule has 1 aliphatic rings. The number of hydrogen-bond donors (Lipinski definition) is 0. The summed E-state index contributed by atoms with van der Waals surface area (Å²) in [6.45, 7) is 7.02. The van der Waals surface area contributed by atoms with E-state index in [1.807, 2.05) is 0 Å². The summed E-state index contributed by atoms with van der Waals surface area (Å²) in [5, 5.41) is 0. The lowest BCUT2D eigenvalue weighted by atomic mass is 10.1. The molecule has 0 saturated heterocycles. The third kappa shape index (κ3) is 2.33. The van der Waals surface area contributed by atoms with Crippen LogP contribution in [-0.2, 0) is 6.54 Å². The molecule has 0 radical (unpaired) electrons. The molecule has 14 heavy (non-hydrogen) atoms. The lowest BCUT2D eigenvalue weighted by Crippen LogP contribution is -2.27. The molecule has 2 rings (SSSR count). The van der Waals surface area contributed by atoms with Crippen molar-refractivity contribution in [2.24, 2.45) is 0 Å². The fourth-order valence-corrected chi connectivity index (χ4v) is 1.73. The molecule has 0 saturated carbocycles. The van der Waals surface area contributed by atoms with Gasteiger partial charge in [-0.3, -0.25) is 4.90 Å². The summed E-state index contributed by atoms with van der Waals surface area (Å²) < 4.78 is 0. The largest absolute Gasteiger partial charge is 0.291 e. The number of nitrogens with zero attached hydrogens (tertiary/aromatic N) is 1. The van der Waals surface area contributed by atoms with Gasteiger partial charge in [-0.15, -0.1) is 0 Å². The summed E-state index contributed by atoms with van der Waals surface area (Å²) >= 11 is 0. The number of rotatable bonds is 2. The van der Waals surface area contributed by atoms with Crippen molar-refractivity contribution < 1.29 is 0 Å². The molecule has 1 heteroatoms. The van der Waals surface area contributed by atoms with Crippen molar-refractivity contribution in [3.05, 3.63) is 60.2 Å². The van der Waals surface area contributed by atoms with E-state index >= 15 is 0 Å². The monoisotopic (exact) mass is 185 g/mol. The maximum atomic E-state index is 3.98. The first-order chi connectivity index (χ1) is 6.84. The fraction of sp³-hybridized carbons (Fsp3) is 0.231. The molecule has 1 aromatic rings. The summed E-state index contributed by atoms with van der Waals surface area (Å²) in [6, 6.07) is 10.6. The van der Waals surface area contributed by atoms with E-state index in [4.69, 9.17) is 0 Å². The van der Waals surface area contributed by atoms with E-state index in [-0.39, 0.29) is 0 Å². The highest BCUT2D eigenvalue weighted by molar-refractivity contribution is 5.21. The van der Waals surface area contributed by atoms with Crippen LogP contribution in [-0.4, -0.2) is 18.0 Å². The molecule has 0 aromatic heterocycles. The first-order valence-corrected chi connectivity index (χ1v) is 4.95. The molecule has 0 unspecified atom stereocenters. The second-order valence-corrected chi connectivity index (χ2v) is 3.72. The van der Waals surface area contributed by atoms with Gasteiger partial charge in [0.25, 0.3) is 0 Å². The summed E-state index contributed by atoms with van der Waals surface area (Å²) in [6.07, 6.45) is 4.29. The van der Waals surface area contributed by atoms with E-state index in [1.165, 1.54) is 11.1 Å². The zero-order valence-corrected chi connectivity index (χ0v) is 8.32. The predicted octanol–water partition coefficient (Wildman–Crippen LogP) is 2.61. The van der Waals surface area contributed by atoms with Crippen LogP contribution in [0.25, 0.3) is 0 Å². The van der Waals surface area contributed by atoms with E-state index in [1.54, 1.807) is 0 Å². The molecule has 0 atom stereocenters. The van der Waals surface area contributed by atoms with Gasteiger partial charge in [0.15, 0.2) is 0 Å². The molecule has 72 valence electrons. The highest BCUT2D eigenvalue weighted by atomic mass is 15.1. The third-order valence-corrected chi connectivity index (χ3v) is 2.39. The van der Waals surface area contributed by atoms with E-state index in [9.17, 15) is 0 Å². The number of hydrogen-bond acceptors (Lipinski definition) is 1. The van der Waals surface area contributed by atoms with Crippen LogP contribution in [0.1, 0.15) is 5.56 Å². The van der Waals surface area contributed by atoms with Gasteiger partial charge in [0.1, 0.15) is 0 Å². The summed E-state index contributed by atoms with van der Waals surface area (Å²) in [7, 11) is 0. The Balaban J connectivity index is 1.99. The minimum Gasteiger partial charge on any atom is -0.291 e. The summed E-state index contributed by atoms with van der Waals surface area (Å²) in [4.78, 5) is 2.39. The van der Waals surface area contributed by atoms with Crippen molar-refractivity contribution in [2.45, 2.75) is 6.54 Å². The van der Waals surface area contributed by atoms with Crippen molar-refractivity contribution in [3.63, 3.8) is 0 Å². The van der Waals surface area contributed by atoms with Crippen LogP contribution in [0.2, 0.25) is 0 Å². The molecule has 0 N–H and O–H groups in total. The van der Waals surface area contributed by atoms with Gasteiger partial charge in [0.05, 0.1) is 0 Å². The van der Waals surface area contributed by atoms with Gasteiger partial charge < -0.3 is 0 Å². The fourth-order valence-electron chi connectivity index (χ4n) is 1.73. The van der Waals surface area contributed by atoms with Crippen LogP contribution in [0.4, 0.5) is 0 Å². The minimum atomic E-state index is 0.991. The molecule has 1 aliphatic heterocycles. The van der Waals surface area contributed by atoms with Gasteiger partial charge in [-0.2, -0.15) is 0 Å². The first-order valence-electron chi connectivity index (χ1n) is 4.95. The van der Waals surface area contributed by atoms with Gasteiger partial charge >= 0.3 is 0 Å². The van der Waals surface area contributed by atoms with Crippen LogP contribution < -0.4 is 0 Å². The second-order valence-electron chi connectivity index (χ2n) is 3.72. The van der Waals surface area contributed by atoms with Crippen molar-refractivity contribution in [3.8, 4) is 0 Å². The Bertz CT molecular complexity index is 338. The van der Waals surface area contributed by atoms with Crippen LogP contribution in [0.15, 0.2) is 54.6 Å². The van der Waals surface area contributed by atoms with Crippen LogP contribution >= 0.6 is 0 Å². The molecule has 1 aromatic carbocycles. The van der Waals surface area contributed by atoms with Crippen molar-refractivity contribution in [1.82, 2.24) is 4.90 Å². The van der Waals surface area contributed by atoms with E-state index in [2.05, 4.69) is 54.0 Å². The van der Waals surface area contributed by atoms with E-state index in [0.29, 0.717) is 0 Å². The molecule has 1 nitrogen and oxygen atoms in total. The Morgan fingerprint density at radius 1 is 1.21 bits per heavy atom. The third-order valence-electron chi connectivity index (χ3n) is 2.39. The van der Waals surface area contributed by atoms with Crippen LogP contribution in [0.3, 0.4) is 0 Å². The quantitative estimate of drug-likeness (QED) is 0.684. The van der Waals surface area contributed by atoms with Gasteiger partial charge in [0, 0.05) is 19.6 Å². The molecular weight excluding hydrogens is 170 g/mol. The van der Waals surface area contributed by atoms with Crippen molar-refractivity contribution >= 4 is 0 Å². The zero-order valence-electron chi connectivity index (χ0n) is 8.32. The predicted molar refractivity (Wildman–Crippen MR) is 60.0 cm³/mol. The maximum absolute atomic E-state index is 3.98. The SMILES string of the molecule is C=C1C=CCN(Cc2ccccc2)C1. The lowest BCUT2D eigenvalue weighted by molar-refractivity contribution is 0.316. The smallest absolute Gasteiger partial charge is 0.0240 e. The maximum Gasteiger partial charge on any atom is 0.0240 e. The van der Waals surface area contributed by atoms with Gasteiger partial charge in [-0.05, 0) is 11.1 Å². The normalized spacial score (nSPS) is 17.3.